The first kappa shape index (κ1) is 12.0. The van der Waals surface area contributed by atoms with Crippen LogP contribution < -0.4 is 11.3 Å². The smallest absolute Gasteiger partial charge is 0.0544 e. The Bertz CT molecular complexity index is 475. The molecule has 0 aliphatic carbocycles. The molecule has 2 rings (SSSR count). The predicted octanol–water partition coefficient (Wildman–Crippen LogP) is 1.88. The molecular formula is C12H13ClN4. The van der Waals surface area contributed by atoms with E-state index in [0.717, 1.165) is 16.1 Å². The van der Waals surface area contributed by atoms with Gasteiger partial charge in [0.15, 0.2) is 0 Å². The second-order valence-electron chi connectivity index (χ2n) is 3.69. The Morgan fingerprint density at radius 3 is 2.71 bits per heavy atom. The summed E-state index contributed by atoms with van der Waals surface area (Å²) in [7, 11) is 0. The van der Waals surface area contributed by atoms with Crippen LogP contribution in [0.2, 0.25) is 5.02 Å². The van der Waals surface area contributed by atoms with Crippen LogP contribution >= 0.6 is 11.6 Å². The van der Waals surface area contributed by atoms with Gasteiger partial charge in [-0.3, -0.25) is 11.3 Å². The molecular weight excluding hydrogens is 236 g/mol. The summed E-state index contributed by atoms with van der Waals surface area (Å²) in [4.78, 5) is 0. The van der Waals surface area contributed by atoms with Gasteiger partial charge in [-0.15, -0.1) is 0 Å². The highest BCUT2D eigenvalue weighted by atomic mass is 35.5. The number of hydrogen-bond donors (Lipinski definition) is 2. The lowest BCUT2D eigenvalue weighted by molar-refractivity contribution is 0.549. The van der Waals surface area contributed by atoms with E-state index in [9.17, 15) is 0 Å². The monoisotopic (exact) mass is 248 g/mol. The summed E-state index contributed by atoms with van der Waals surface area (Å²) in [6, 6.07) is 9.58. The van der Waals surface area contributed by atoms with E-state index in [0.29, 0.717) is 6.42 Å². The average molecular weight is 249 g/mol. The summed E-state index contributed by atoms with van der Waals surface area (Å²) in [6.07, 6.45) is 4.05. The van der Waals surface area contributed by atoms with E-state index < -0.39 is 0 Å². The van der Waals surface area contributed by atoms with Crippen molar-refractivity contribution >= 4 is 11.6 Å². The first-order valence-electron chi connectivity index (χ1n) is 5.27. The first-order chi connectivity index (χ1) is 8.31. The highest BCUT2D eigenvalue weighted by Gasteiger charge is 2.12. The number of rotatable bonds is 4. The van der Waals surface area contributed by atoms with Crippen LogP contribution in [-0.4, -0.2) is 10.2 Å². The van der Waals surface area contributed by atoms with Gasteiger partial charge in [-0.1, -0.05) is 29.8 Å². The molecule has 1 unspecified atom stereocenters. The summed E-state index contributed by atoms with van der Waals surface area (Å²) in [5.74, 6) is 5.56. The maximum Gasteiger partial charge on any atom is 0.0544 e. The van der Waals surface area contributed by atoms with Crippen molar-refractivity contribution in [2.45, 2.75) is 12.5 Å². The normalized spacial score (nSPS) is 12.4. The highest BCUT2D eigenvalue weighted by Crippen LogP contribution is 2.22. The summed E-state index contributed by atoms with van der Waals surface area (Å²) in [5, 5.41) is 8.33. The van der Waals surface area contributed by atoms with Crippen molar-refractivity contribution < 1.29 is 0 Å². The maximum atomic E-state index is 6.12. The molecule has 4 nitrogen and oxygen atoms in total. The third-order valence-electron chi connectivity index (χ3n) is 2.59. The molecule has 0 saturated carbocycles. The zero-order valence-electron chi connectivity index (χ0n) is 9.18. The highest BCUT2D eigenvalue weighted by molar-refractivity contribution is 6.31. The van der Waals surface area contributed by atoms with E-state index in [1.807, 2.05) is 30.3 Å². The quantitative estimate of drug-likeness (QED) is 0.641. The van der Waals surface area contributed by atoms with Gasteiger partial charge in [-0.05, 0) is 29.7 Å². The molecule has 0 aliphatic rings. The van der Waals surface area contributed by atoms with E-state index in [2.05, 4.69) is 15.6 Å². The molecule has 5 heteroatoms. The van der Waals surface area contributed by atoms with Crippen molar-refractivity contribution in [1.82, 2.24) is 15.6 Å². The van der Waals surface area contributed by atoms with Gasteiger partial charge >= 0.3 is 0 Å². The molecule has 0 aliphatic heterocycles. The predicted molar refractivity (Wildman–Crippen MR) is 67.3 cm³/mol. The topological polar surface area (TPSA) is 63.8 Å². The largest absolute Gasteiger partial charge is 0.271 e. The summed E-state index contributed by atoms with van der Waals surface area (Å²) in [5.41, 5.74) is 4.81. The van der Waals surface area contributed by atoms with Crippen molar-refractivity contribution in [3.05, 3.63) is 58.9 Å². The Kier molecular flexibility index (Phi) is 4.03. The van der Waals surface area contributed by atoms with Crippen molar-refractivity contribution in [2.75, 3.05) is 0 Å². The molecule has 1 heterocycles. The fourth-order valence-electron chi connectivity index (χ4n) is 1.66. The number of hydrogen-bond acceptors (Lipinski definition) is 4. The van der Waals surface area contributed by atoms with Crippen LogP contribution in [0, 0.1) is 0 Å². The van der Waals surface area contributed by atoms with E-state index in [4.69, 9.17) is 17.4 Å². The van der Waals surface area contributed by atoms with Crippen LogP contribution in [0.1, 0.15) is 17.2 Å². The van der Waals surface area contributed by atoms with Gasteiger partial charge in [0.1, 0.15) is 0 Å². The van der Waals surface area contributed by atoms with E-state index in [-0.39, 0.29) is 6.04 Å². The lowest BCUT2D eigenvalue weighted by Gasteiger charge is -2.16. The minimum atomic E-state index is -0.0228. The number of hydrazine groups is 1. The van der Waals surface area contributed by atoms with Crippen LogP contribution in [0.5, 0.6) is 0 Å². The molecule has 0 radical (unpaired) electrons. The first-order valence-corrected chi connectivity index (χ1v) is 5.65. The average Bonchev–Trinajstić information content (AvgIpc) is 2.39. The Morgan fingerprint density at radius 1 is 1.24 bits per heavy atom. The van der Waals surface area contributed by atoms with Crippen molar-refractivity contribution in [1.29, 1.82) is 0 Å². The van der Waals surface area contributed by atoms with Crippen molar-refractivity contribution in [2.24, 2.45) is 5.84 Å². The summed E-state index contributed by atoms with van der Waals surface area (Å²) < 4.78 is 0. The molecule has 88 valence electrons. The fourth-order valence-corrected chi connectivity index (χ4v) is 1.88. The molecule has 0 fully saturated rings. The van der Waals surface area contributed by atoms with Gasteiger partial charge in [-0.25, -0.2) is 0 Å². The van der Waals surface area contributed by atoms with E-state index in [1.54, 1.807) is 12.4 Å². The minimum absolute atomic E-state index is 0.0228. The van der Waals surface area contributed by atoms with Gasteiger partial charge in [-0.2, -0.15) is 10.2 Å². The SMILES string of the molecule is NNC(Cc1ccccc1Cl)c1ccnnc1. The zero-order valence-corrected chi connectivity index (χ0v) is 9.93. The van der Waals surface area contributed by atoms with Gasteiger partial charge in [0, 0.05) is 11.2 Å². The molecule has 1 atom stereocenters. The third-order valence-corrected chi connectivity index (χ3v) is 2.96. The molecule has 2 aromatic rings. The number of nitrogens with one attached hydrogen (secondary N) is 1. The second kappa shape index (κ2) is 5.72. The molecule has 0 amide bonds. The number of benzene rings is 1. The molecule has 0 saturated heterocycles. The maximum absolute atomic E-state index is 6.12. The Balaban J connectivity index is 2.19. The van der Waals surface area contributed by atoms with Gasteiger partial charge in [0.25, 0.3) is 0 Å². The fraction of sp³-hybridized carbons (Fsp3) is 0.167. The summed E-state index contributed by atoms with van der Waals surface area (Å²) >= 11 is 6.12. The zero-order chi connectivity index (χ0) is 12.1. The third kappa shape index (κ3) is 3.00. The number of nitrogens with zero attached hydrogens (tertiary/aromatic N) is 2. The Morgan fingerprint density at radius 2 is 2.06 bits per heavy atom. The van der Waals surface area contributed by atoms with Gasteiger partial charge < -0.3 is 0 Å². The van der Waals surface area contributed by atoms with E-state index in [1.165, 1.54) is 0 Å². The van der Waals surface area contributed by atoms with Crippen LogP contribution in [0.15, 0.2) is 42.7 Å². The Labute approximate surface area is 105 Å². The van der Waals surface area contributed by atoms with Gasteiger partial charge in [0.05, 0.1) is 12.2 Å². The van der Waals surface area contributed by atoms with Crippen LogP contribution in [0.25, 0.3) is 0 Å². The molecule has 1 aromatic carbocycles. The standard InChI is InChI=1S/C12H13ClN4/c13-11-4-2-1-3-9(11)7-12(17-14)10-5-6-15-16-8-10/h1-6,8,12,17H,7,14H2. The molecule has 17 heavy (non-hydrogen) atoms. The molecule has 1 aromatic heterocycles. The van der Waals surface area contributed by atoms with Crippen molar-refractivity contribution in [3.63, 3.8) is 0 Å². The van der Waals surface area contributed by atoms with Crippen LogP contribution in [-0.2, 0) is 6.42 Å². The Hall–Kier alpha value is -1.49. The number of aromatic nitrogens is 2. The minimum Gasteiger partial charge on any atom is -0.271 e. The lowest BCUT2D eigenvalue weighted by Crippen LogP contribution is -2.29. The summed E-state index contributed by atoms with van der Waals surface area (Å²) in [6.45, 7) is 0. The lowest BCUT2D eigenvalue weighted by atomic mass is 10.0. The van der Waals surface area contributed by atoms with Gasteiger partial charge in [0.2, 0.25) is 0 Å². The van der Waals surface area contributed by atoms with Crippen LogP contribution in [0.4, 0.5) is 0 Å². The number of halogens is 1. The molecule has 3 N–H and O–H groups in total. The van der Waals surface area contributed by atoms with Crippen molar-refractivity contribution in [3.8, 4) is 0 Å². The number of nitrogens with two attached hydrogens (primary N) is 1. The second-order valence-corrected chi connectivity index (χ2v) is 4.10. The molecule has 0 bridgehead atoms. The molecule has 0 spiro atoms. The van der Waals surface area contributed by atoms with Crippen LogP contribution in [0.3, 0.4) is 0 Å². The van der Waals surface area contributed by atoms with E-state index >= 15 is 0 Å².